The second-order valence-electron chi connectivity index (χ2n) is 5.48. The van der Waals surface area contributed by atoms with E-state index in [1.807, 2.05) is 30.3 Å². The molecule has 0 atom stereocenters. The predicted octanol–water partition coefficient (Wildman–Crippen LogP) is 1.05. The van der Waals surface area contributed by atoms with Gasteiger partial charge >= 0.3 is 0 Å². The molecule has 24 heavy (non-hydrogen) atoms. The van der Waals surface area contributed by atoms with Crippen molar-refractivity contribution in [1.29, 1.82) is 0 Å². The lowest BCUT2D eigenvalue weighted by molar-refractivity contribution is -0.136. The number of nitrogens with zero attached hydrogens (tertiary/aromatic N) is 5. The number of carbonyl (C=O) groups excluding carboxylic acids is 2. The summed E-state index contributed by atoms with van der Waals surface area (Å²) in [5.41, 5.74) is 0.934. The maximum absolute atomic E-state index is 12.3. The maximum Gasteiger partial charge on any atom is 0.233 e. The third-order valence-electron chi connectivity index (χ3n) is 3.89. The highest BCUT2D eigenvalue weighted by Gasteiger charge is 2.22. The van der Waals surface area contributed by atoms with E-state index in [1.165, 1.54) is 11.8 Å². The number of amides is 2. The molecule has 2 aromatic rings. The number of hydrogen-bond acceptors (Lipinski definition) is 5. The van der Waals surface area contributed by atoms with Gasteiger partial charge in [-0.1, -0.05) is 30.0 Å². The van der Waals surface area contributed by atoms with Crippen LogP contribution in [0.15, 0.2) is 41.8 Å². The van der Waals surface area contributed by atoms with Crippen molar-refractivity contribution in [3.05, 3.63) is 36.7 Å². The fraction of sp³-hybridized carbons (Fsp3) is 0.375. The van der Waals surface area contributed by atoms with Crippen LogP contribution in [-0.2, 0) is 9.59 Å². The molecule has 0 bridgehead atoms. The third-order valence-corrected chi connectivity index (χ3v) is 4.73. The van der Waals surface area contributed by atoms with Gasteiger partial charge in [-0.05, 0) is 12.1 Å². The Hall–Kier alpha value is -2.35. The van der Waals surface area contributed by atoms with E-state index >= 15 is 0 Å². The summed E-state index contributed by atoms with van der Waals surface area (Å²) in [6, 6.07) is 9.72. The van der Waals surface area contributed by atoms with Gasteiger partial charge in [-0.3, -0.25) is 9.59 Å². The van der Waals surface area contributed by atoms with E-state index in [-0.39, 0.29) is 11.8 Å². The minimum atomic E-state index is 0.0549. The van der Waals surface area contributed by atoms with Crippen molar-refractivity contribution in [2.45, 2.75) is 12.1 Å². The molecular weight excluding hydrogens is 326 g/mol. The Bertz CT molecular complexity index is 710. The van der Waals surface area contributed by atoms with Gasteiger partial charge in [0.25, 0.3) is 0 Å². The molecule has 7 nitrogen and oxygen atoms in total. The molecular formula is C16H19N5O2S. The van der Waals surface area contributed by atoms with Gasteiger partial charge in [0.15, 0.2) is 0 Å². The molecule has 0 saturated carbocycles. The van der Waals surface area contributed by atoms with Crippen LogP contribution in [0, 0.1) is 0 Å². The summed E-state index contributed by atoms with van der Waals surface area (Å²) in [7, 11) is 0. The number of aromatic nitrogens is 3. The van der Waals surface area contributed by atoms with Gasteiger partial charge in [-0.15, -0.1) is 5.10 Å². The Balaban J connectivity index is 1.50. The first-order chi connectivity index (χ1) is 11.6. The second kappa shape index (κ2) is 7.48. The highest BCUT2D eigenvalue weighted by Crippen LogP contribution is 2.15. The van der Waals surface area contributed by atoms with Crippen LogP contribution in [0.4, 0.5) is 0 Å². The number of hydrogen-bond donors (Lipinski definition) is 0. The molecule has 1 saturated heterocycles. The van der Waals surface area contributed by atoms with Gasteiger partial charge in [0.05, 0.1) is 11.4 Å². The number of thioether (sulfide) groups is 1. The average molecular weight is 345 g/mol. The van der Waals surface area contributed by atoms with Crippen LogP contribution < -0.4 is 0 Å². The Kier molecular flexibility index (Phi) is 5.14. The fourth-order valence-electron chi connectivity index (χ4n) is 2.51. The monoisotopic (exact) mass is 345 g/mol. The van der Waals surface area contributed by atoms with E-state index in [1.54, 1.807) is 27.7 Å². The van der Waals surface area contributed by atoms with Gasteiger partial charge in [0.2, 0.25) is 17.0 Å². The summed E-state index contributed by atoms with van der Waals surface area (Å²) in [5, 5.41) is 4.96. The smallest absolute Gasteiger partial charge is 0.233 e. The van der Waals surface area contributed by atoms with E-state index in [2.05, 4.69) is 10.1 Å². The molecule has 1 aliphatic rings. The summed E-state index contributed by atoms with van der Waals surface area (Å²) >= 11 is 1.33. The summed E-state index contributed by atoms with van der Waals surface area (Å²) in [6.07, 6.45) is 1.65. The van der Waals surface area contributed by atoms with Crippen molar-refractivity contribution in [3.63, 3.8) is 0 Å². The molecule has 1 aromatic heterocycles. The minimum Gasteiger partial charge on any atom is -0.339 e. The van der Waals surface area contributed by atoms with E-state index in [4.69, 9.17) is 0 Å². The molecule has 1 aliphatic heterocycles. The van der Waals surface area contributed by atoms with Crippen molar-refractivity contribution < 1.29 is 9.59 Å². The van der Waals surface area contributed by atoms with Crippen LogP contribution in [0.25, 0.3) is 5.69 Å². The van der Waals surface area contributed by atoms with Gasteiger partial charge in [0.1, 0.15) is 6.33 Å². The van der Waals surface area contributed by atoms with Crippen molar-refractivity contribution >= 4 is 23.6 Å². The Labute approximate surface area is 144 Å². The zero-order valence-corrected chi connectivity index (χ0v) is 14.3. The first kappa shape index (κ1) is 16.5. The third kappa shape index (κ3) is 3.94. The summed E-state index contributed by atoms with van der Waals surface area (Å²) < 4.78 is 1.69. The van der Waals surface area contributed by atoms with E-state index < -0.39 is 0 Å². The fourth-order valence-corrected chi connectivity index (χ4v) is 3.21. The average Bonchev–Trinajstić information content (AvgIpc) is 3.09. The van der Waals surface area contributed by atoms with Gasteiger partial charge in [-0.25, -0.2) is 9.67 Å². The largest absolute Gasteiger partial charge is 0.339 e. The first-order valence-corrected chi connectivity index (χ1v) is 8.75. The number of carbonyl (C=O) groups is 2. The SMILES string of the molecule is CC(=O)N1CCN(C(=O)CSc2ncn(-c3ccccc3)n2)CC1. The zero-order valence-electron chi connectivity index (χ0n) is 13.5. The van der Waals surface area contributed by atoms with Crippen LogP contribution in [0.1, 0.15) is 6.92 Å². The van der Waals surface area contributed by atoms with E-state index in [0.717, 1.165) is 5.69 Å². The second-order valence-corrected chi connectivity index (χ2v) is 6.43. The molecule has 0 radical (unpaired) electrons. The Morgan fingerprint density at radius 1 is 1.08 bits per heavy atom. The molecule has 0 spiro atoms. The Morgan fingerprint density at radius 2 is 1.75 bits per heavy atom. The van der Waals surface area contributed by atoms with Crippen LogP contribution in [0.5, 0.6) is 0 Å². The highest BCUT2D eigenvalue weighted by atomic mass is 32.2. The van der Waals surface area contributed by atoms with Gasteiger partial charge < -0.3 is 9.80 Å². The van der Waals surface area contributed by atoms with E-state index in [0.29, 0.717) is 37.1 Å². The van der Waals surface area contributed by atoms with E-state index in [9.17, 15) is 9.59 Å². The molecule has 2 heterocycles. The van der Waals surface area contributed by atoms with Crippen LogP contribution in [0.3, 0.4) is 0 Å². The maximum atomic E-state index is 12.3. The van der Waals surface area contributed by atoms with Crippen molar-refractivity contribution in [1.82, 2.24) is 24.6 Å². The summed E-state index contributed by atoms with van der Waals surface area (Å²) in [5.74, 6) is 0.421. The lowest BCUT2D eigenvalue weighted by atomic mass is 10.3. The van der Waals surface area contributed by atoms with Gasteiger partial charge in [0, 0.05) is 33.1 Å². The molecule has 2 amide bonds. The molecule has 0 aliphatic carbocycles. The van der Waals surface area contributed by atoms with Crippen molar-refractivity contribution in [3.8, 4) is 5.69 Å². The topological polar surface area (TPSA) is 71.3 Å². The standard InChI is InChI=1S/C16H19N5O2S/c1-13(22)19-7-9-20(10-8-19)15(23)11-24-16-17-12-21(18-16)14-5-3-2-4-6-14/h2-6,12H,7-11H2,1H3. The Morgan fingerprint density at radius 3 is 2.42 bits per heavy atom. The molecule has 1 fully saturated rings. The zero-order chi connectivity index (χ0) is 16.9. The number of rotatable bonds is 4. The summed E-state index contributed by atoms with van der Waals surface area (Å²) in [6.45, 7) is 3.94. The lowest BCUT2D eigenvalue weighted by Gasteiger charge is -2.34. The lowest BCUT2D eigenvalue weighted by Crippen LogP contribution is -2.50. The first-order valence-electron chi connectivity index (χ1n) is 7.76. The molecule has 0 N–H and O–H groups in total. The summed E-state index contributed by atoms with van der Waals surface area (Å²) in [4.78, 5) is 31.4. The highest BCUT2D eigenvalue weighted by molar-refractivity contribution is 7.99. The molecule has 3 rings (SSSR count). The minimum absolute atomic E-state index is 0.0549. The molecule has 0 unspecified atom stereocenters. The van der Waals surface area contributed by atoms with Crippen LogP contribution >= 0.6 is 11.8 Å². The van der Waals surface area contributed by atoms with Gasteiger partial charge in [-0.2, -0.15) is 0 Å². The molecule has 1 aromatic carbocycles. The number of para-hydroxylation sites is 1. The van der Waals surface area contributed by atoms with Crippen LogP contribution in [-0.4, -0.2) is 68.3 Å². The van der Waals surface area contributed by atoms with Crippen LogP contribution in [0.2, 0.25) is 0 Å². The molecule has 126 valence electrons. The van der Waals surface area contributed by atoms with Crippen molar-refractivity contribution in [2.75, 3.05) is 31.9 Å². The van der Waals surface area contributed by atoms with Crippen molar-refractivity contribution in [2.24, 2.45) is 0 Å². The normalized spacial score (nSPS) is 14.7. The number of benzene rings is 1. The number of piperazine rings is 1. The molecule has 8 heteroatoms. The quantitative estimate of drug-likeness (QED) is 0.775. The predicted molar refractivity (Wildman–Crippen MR) is 90.9 cm³/mol.